The molecule has 2 heteroatoms. The Hall–Kier alpha value is -8.72. The van der Waals surface area contributed by atoms with Gasteiger partial charge in [-0.25, -0.2) is 0 Å². The summed E-state index contributed by atoms with van der Waals surface area (Å²) in [6.45, 7) is 0. The van der Waals surface area contributed by atoms with Gasteiger partial charge in [-0.05, 0) is 115 Å². The molecule has 0 N–H and O–H groups in total. The van der Waals surface area contributed by atoms with Gasteiger partial charge in [0.25, 0.3) is 0 Å². The van der Waals surface area contributed by atoms with Crippen molar-refractivity contribution in [1.82, 2.24) is 0 Å². The fraction of sp³-hybridized carbons (Fsp3) is 0.0154. The molecule has 0 aromatic heterocycles. The van der Waals surface area contributed by atoms with Crippen LogP contribution in [0.5, 0.6) is 0 Å². The lowest BCUT2D eigenvalue weighted by Crippen LogP contribution is -2.36. The molecular weight excluding hydrogens is 809 g/mol. The molecule has 1 spiro atoms. The van der Waals surface area contributed by atoms with Gasteiger partial charge in [0.05, 0.1) is 28.2 Å². The first-order valence-electron chi connectivity index (χ1n) is 23.2. The van der Waals surface area contributed by atoms with Crippen molar-refractivity contribution in [3.63, 3.8) is 0 Å². The third kappa shape index (κ3) is 5.97. The molecule has 2 nitrogen and oxygen atoms in total. The maximum atomic E-state index is 2.52. The summed E-state index contributed by atoms with van der Waals surface area (Å²) in [7, 11) is 0. The molecule has 0 saturated heterocycles. The van der Waals surface area contributed by atoms with Gasteiger partial charge in [0.1, 0.15) is 0 Å². The molecule has 11 aromatic carbocycles. The fourth-order valence-corrected chi connectivity index (χ4v) is 11.3. The van der Waals surface area contributed by atoms with Crippen molar-refractivity contribution < 1.29 is 0 Å². The van der Waals surface area contributed by atoms with Gasteiger partial charge in [-0.1, -0.05) is 218 Å². The third-order valence-electron chi connectivity index (χ3n) is 14.1. The lowest BCUT2D eigenvalue weighted by Gasteiger charge is -2.45. The van der Waals surface area contributed by atoms with E-state index in [-0.39, 0.29) is 0 Å². The standard InChI is InChI=1S/C65H44N2/c1-3-22-46(23-4-1)50-29-12-17-38-61(50)67(62-39-18-13-33-56(62)53-31-10-9-30-52(53)51-34-21-25-45-24-7-8-28-49(45)51)48-42-43-55-54-32-11-14-35-57(54)65(60(55)44-48)58-36-15-19-40-63(58)66(47-26-5-2-6-27-47)64-41-20-16-37-59(64)65/h1-44H. The van der Waals surface area contributed by atoms with Crippen molar-refractivity contribution in [2.24, 2.45) is 0 Å². The number of hydrogen-bond donors (Lipinski definition) is 0. The Kier molecular flexibility index (Phi) is 9.11. The van der Waals surface area contributed by atoms with Crippen LogP contribution in [0.25, 0.3) is 55.3 Å². The molecule has 0 saturated carbocycles. The number of hydrogen-bond acceptors (Lipinski definition) is 2. The fourth-order valence-electron chi connectivity index (χ4n) is 11.3. The summed E-state index contributed by atoms with van der Waals surface area (Å²) in [6.07, 6.45) is 0. The zero-order valence-electron chi connectivity index (χ0n) is 36.8. The number of para-hydroxylation sites is 5. The average molecular weight is 853 g/mol. The first kappa shape index (κ1) is 38.7. The first-order valence-corrected chi connectivity index (χ1v) is 23.2. The van der Waals surface area contributed by atoms with Crippen LogP contribution in [-0.2, 0) is 5.41 Å². The van der Waals surface area contributed by atoms with Crippen LogP contribution in [0, 0.1) is 0 Å². The van der Waals surface area contributed by atoms with E-state index in [1.165, 1.54) is 72.2 Å². The lowest BCUT2D eigenvalue weighted by atomic mass is 9.64. The lowest BCUT2D eigenvalue weighted by molar-refractivity contribution is 0.752. The molecule has 11 aromatic rings. The highest BCUT2D eigenvalue weighted by molar-refractivity contribution is 6.04. The van der Waals surface area contributed by atoms with E-state index < -0.39 is 5.41 Å². The van der Waals surface area contributed by atoms with Crippen molar-refractivity contribution >= 4 is 44.9 Å². The maximum absolute atomic E-state index is 2.52. The molecule has 2 aliphatic rings. The van der Waals surface area contributed by atoms with Gasteiger partial charge < -0.3 is 9.80 Å². The van der Waals surface area contributed by atoms with Gasteiger partial charge in [0.2, 0.25) is 0 Å². The van der Waals surface area contributed by atoms with Crippen molar-refractivity contribution in [1.29, 1.82) is 0 Å². The van der Waals surface area contributed by atoms with E-state index in [1.807, 2.05) is 0 Å². The number of anilines is 6. The number of rotatable bonds is 7. The Morgan fingerprint density at radius 1 is 0.299 bits per heavy atom. The van der Waals surface area contributed by atoms with Crippen LogP contribution in [0.3, 0.4) is 0 Å². The normalized spacial score (nSPS) is 12.9. The molecule has 0 unspecified atom stereocenters. The van der Waals surface area contributed by atoms with Gasteiger partial charge >= 0.3 is 0 Å². The number of fused-ring (bicyclic) bond motifs is 10. The SMILES string of the molecule is c1ccc(-c2ccccc2N(c2ccc3c(c2)C2(c4ccccc4-3)c3ccccc3N(c3ccccc3)c3ccccc32)c2ccccc2-c2ccccc2-c2cccc3ccccc23)cc1. The summed E-state index contributed by atoms with van der Waals surface area (Å²) in [5, 5.41) is 2.47. The predicted octanol–water partition coefficient (Wildman–Crippen LogP) is 17.5. The Labute approximate surface area is 391 Å². The van der Waals surface area contributed by atoms with Crippen LogP contribution in [0.4, 0.5) is 34.1 Å². The Morgan fingerprint density at radius 3 is 1.49 bits per heavy atom. The van der Waals surface area contributed by atoms with Gasteiger partial charge in [-0.2, -0.15) is 0 Å². The van der Waals surface area contributed by atoms with Crippen LogP contribution < -0.4 is 9.80 Å². The van der Waals surface area contributed by atoms with Crippen molar-refractivity contribution in [2.75, 3.05) is 9.80 Å². The minimum Gasteiger partial charge on any atom is -0.310 e. The summed E-state index contributed by atoms with van der Waals surface area (Å²) in [5.74, 6) is 0. The zero-order chi connectivity index (χ0) is 44.3. The van der Waals surface area contributed by atoms with E-state index >= 15 is 0 Å². The summed E-state index contributed by atoms with van der Waals surface area (Å²) < 4.78 is 0. The maximum Gasteiger partial charge on any atom is 0.0755 e. The molecule has 314 valence electrons. The highest BCUT2D eigenvalue weighted by Crippen LogP contribution is 2.64. The molecule has 0 fully saturated rings. The van der Waals surface area contributed by atoms with Crippen molar-refractivity contribution in [3.05, 3.63) is 289 Å². The second-order valence-corrected chi connectivity index (χ2v) is 17.5. The molecule has 1 heterocycles. The Morgan fingerprint density at radius 2 is 0.776 bits per heavy atom. The van der Waals surface area contributed by atoms with E-state index in [2.05, 4.69) is 277 Å². The molecule has 67 heavy (non-hydrogen) atoms. The summed E-state index contributed by atoms with van der Waals surface area (Å²) in [5.41, 5.74) is 20.9. The van der Waals surface area contributed by atoms with Crippen LogP contribution in [0.15, 0.2) is 267 Å². The average Bonchev–Trinajstić information content (AvgIpc) is 3.69. The molecule has 0 amide bonds. The smallest absolute Gasteiger partial charge is 0.0755 e. The molecule has 0 atom stereocenters. The van der Waals surface area contributed by atoms with E-state index in [0.29, 0.717) is 0 Å². The molecule has 0 bridgehead atoms. The quantitative estimate of drug-likeness (QED) is 0.158. The molecule has 1 aliphatic heterocycles. The third-order valence-corrected chi connectivity index (χ3v) is 14.1. The molecular formula is C65H44N2. The summed E-state index contributed by atoms with van der Waals surface area (Å²) in [6, 6.07) is 98.3. The first-order chi connectivity index (χ1) is 33.3. The highest BCUT2D eigenvalue weighted by atomic mass is 15.2. The molecule has 1 aliphatic carbocycles. The molecule has 0 radical (unpaired) electrons. The van der Waals surface area contributed by atoms with E-state index in [1.54, 1.807) is 0 Å². The van der Waals surface area contributed by atoms with E-state index in [0.717, 1.165) is 39.4 Å². The summed E-state index contributed by atoms with van der Waals surface area (Å²) >= 11 is 0. The topological polar surface area (TPSA) is 6.48 Å². The predicted molar refractivity (Wildman–Crippen MR) is 280 cm³/mol. The number of benzene rings is 11. The van der Waals surface area contributed by atoms with E-state index in [4.69, 9.17) is 0 Å². The van der Waals surface area contributed by atoms with Gasteiger partial charge in [0, 0.05) is 22.5 Å². The molecule has 13 rings (SSSR count). The highest BCUT2D eigenvalue weighted by Gasteiger charge is 2.52. The Bertz CT molecular complexity index is 3610. The zero-order valence-corrected chi connectivity index (χ0v) is 36.8. The van der Waals surface area contributed by atoms with Crippen LogP contribution in [-0.4, -0.2) is 0 Å². The van der Waals surface area contributed by atoms with Gasteiger partial charge in [-0.3, -0.25) is 0 Å². The summed E-state index contributed by atoms with van der Waals surface area (Å²) in [4.78, 5) is 4.97. The van der Waals surface area contributed by atoms with Gasteiger partial charge in [0.15, 0.2) is 0 Å². The monoisotopic (exact) mass is 852 g/mol. The number of nitrogens with zero attached hydrogens (tertiary/aromatic N) is 2. The minimum atomic E-state index is -0.606. The van der Waals surface area contributed by atoms with Crippen molar-refractivity contribution in [3.8, 4) is 44.5 Å². The minimum absolute atomic E-state index is 0.606. The largest absolute Gasteiger partial charge is 0.310 e. The van der Waals surface area contributed by atoms with Crippen LogP contribution in [0.1, 0.15) is 22.3 Å². The van der Waals surface area contributed by atoms with Crippen LogP contribution in [0.2, 0.25) is 0 Å². The van der Waals surface area contributed by atoms with Crippen molar-refractivity contribution in [2.45, 2.75) is 5.41 Å². The van der Waals surface area contributed by atoms with Crippen LogP contribution >= 0.6 is 0 Å². The Balaban J connectivity index is 1.10. The van der Waals surface area contributed by atoms with E-state index in [9.17, 15) is 0 Å². The van der Waals surface area contributed by atoms with Gasteiger partial charge in [-0.15, -0.1) is 0 Å². The second-order valence-electron chi connectivity index (χ2n) is 17.5. The second kappa shape index (κ2) is 15.8.